The molecule has 0 aliphatic heterocycles. The third kappa shape index (κ3) is 10.8. The molecule has 218 valence electrons. The summed E-state index contributed by atoms with van der Waals surface area (Å²) in [5.41, 5.74) is 17.5. The van der Waals surface area contributed by atoms with E-state index in [9.17, 15) is 29.4 Å². The molecule has 3 amide bonds. The fraction of sp³-hybridized carbons (Fsp3) is 0.417. The summed E-state index contributed by atoms with van der Waals surface area (Å²) < 4.78 is 0. The zero-order chi connectivity index (χ0) is 29.7. The number of aliphatic carboxylic acids is 1. The SMILES string of the molecule is NC(N)=NCCCC(N)C(=O)NC(CS)C(=O)NC(Cc1ccc(O)cc1)C(=O)NC(Cc1cnc[nH]1)C(=O)O. The molecule has 1 aromatic heterocycles. The standard InChI is InChI=1S/C24H35N9O6S/c25-16(2-1-7-29-24(26)27)20(35)33-19(11-40)22(37)31-17(8-13-3-5-15(34)6-4-13)21(36)32-18(23(38)39)9-14-10-28-12-30-14/h3-6,10,12,16-19,34,40H,1-2,7-9,11,25H2,(H,28,30)(H,31,37)(H,32,36)(H,33,35)(H,38,39)(H4,26,27,29). The number of H-pyrrole nitrogens is 1. The number of hydrogen-bond donors (Lipinski definition) is 10. The summed E-state index contributed by atoms with van der Waals surface area (Å²) in [6.07, 6.45) is 3.39. The van der Waals surface area contributed by atoms with Gasteiger partial charge in [0.25, 0.3) is 0 Å². The van der Waals surface area contributed by atoms with E-state index < -0.39 is 47.9 Å². The van der Waals surface area contributed by atoms with Gasteiger partial charge in [-0.05, 0) is 30.5 Å². The number of aromatic amines is 1. The first-order valence-electron chi connectivity index (χ1n) is 12.3. The number of guanidine groups is 1. The lowest BCUT2D eigenvalue weighted by Crippen LogP contribution is -2.58. The second-order valence-corrected chi connectivity index (χ2v) is 9.28. The molecule has 16 heteroatoms. The lowest BCUT2D eigenvalue weighted by Gasteiger charge is -2.24. The van der Waals surface area contributed by atoms with Gasteiger partial charge in [0.15, 0.2) is 5.96 Å². The molecule has 0 spiro atoms. The number of aliphatic imine (C=N–C) groups is 1. The number of phenolic OH excluding ortho intramolecular Hbond substituents is 1. The van der Waals surface area contributed by atoms with E-state index in [1.54, 1.807) is 12.1 Å². The maximum atomic E-state index is 13.2. The van der Waals surface area contributed by atoms with Crippen LogP contribution in [0.5, 0.6) is 5.75 Å². The Kier molecular flexibility index (Phi) is 12.7. The molecule has 0 saturated carbocycles. The predicted octanol–water partition coefficient (Wildman–Crippen LogP) is -2.25. The van der Waals surface area contributed by atoms with Crippen LogP contribution >= 0.6 is 12.6 Å². The van der Waals surface area contributed by atoms with Crippen LogP contribution in [0.15, 0.2) is 41.8 Å². The molecule has 4 atom stereocenters. The van der Waals surface area contributed by atoms with Crippen molar-refractivity contribution < 1.29 is 29.4 Å². The van der Waals surface area contributed by atoms with Crippen LogP contribution in [0.2, 0.25) is 0 Å². The average molecular weight is 578 g/mol. The van der Waals surface area contributed by atoms with Crippen molar-refractivity contribution in [1.29, 1.82) is 0 Å². The minimum atomic E-state index is -1.32. The van der Waals surface area contributed by atoms with E-state index in [1.165, 1.54) is 24.7 Å². The number of imidazole rings is 1. The van der Waals surface area contributed by atoms with Crippen LogP contribution in [-0.4, -0.2) is 86.3 Å². The van der Waals surface area contributed by atoms with Crippen LogP contribution in [0, 0.1) is 0 Å². The number of benzene rings is 1. The Bertz CT molecular complexity index is 1160. The minimum absolute atomic E-state index is 0.00627. The van der Waals surface area contributed by atoms with Crippen molar-refractivity contribution in [2.24, 2.45) is 22.2 Å². The summed E-state index contributed by atoms with van der Waals surface area (Å²) in [4.78, 5) is 61.1. The zero-order valence-electron chi connectivity index (χ0n) is 21.6. The first kappa shape index (κ1) is 31.9. The molecule has 0 aliphatic carbocycles. The minimum Gasteiger partial charge on any atom is -0.508 e. The number of aromatic hydroxyl groups is 1. The van der Waals surface area contributed by atoms with Crippen LogP contribution in [0.25, 0.3) is 0 Å². The number of carbonyl (C=O) groups is 4. The number of nitrogens with two attached hydrogens (primary N) is 3. The topological polar surface area (TPSA) is 264 Å². The van der Waals surface area contributed by atoms with E-state index in [0.29, 0.717) is 17.7 Å². The van der Waals surface area contributed by atoms with Gasteiger partial charge in [0.2, 0.25) is 17.7 Å². The molecule has 0 bridgehead atoms. The van der Waals surface area contributed by atoms with Crippen molar-refractivity contribution in [3.05, 3.63) is 48.0 Å². The monoisotopic (exact) mass is 577 g/mol. The molecule has 4 unspecified atom stereocenters. The van der Waals surface area contributed by atoms with Gasteiger partial charge in [-0.15, -0.1) is 0 Å². The highest BCUT2D eigenvalue weighted by Crippen LogP contribution is 2.12. The van der Waals surface area contributed by atoms with Gasteiger partial charge in [-0.3, -0.25) is 19.4 Å². The van der Waals surface area contributed by atoms with Crippen molar-refractivity contribution in [1.82, 2.24) is 25.9 Å². The Morgan fingerprint density at radius 2 is 1.60 bits per heavy atom. The van der Waals surface area contributed by atoms with Crippen molar-refractivity contribution in [3.8, 4) is 5.75 Å². The fourth-order valence-corrected chi connectivity index (χ4v) is 3.82. The Morgan fingerprint density at radius 3 is 2.17 bits per heavy atom. The van der Waals surface area contributed by atoms with E-state index in [1.807, 2.05) is 0 Å². The van der Waals surface area contributed by atoms with E-state index in [4.69, 9.17) is 17.2 Å². The molecule has 2 rings (SSSR count). The third-order valence-corrected chi connectivity index (χ3v) is 6.09. The van der Waals surface area contributed by atoms with Crippen molar-refractivity contribution in [2.75, 3.05) is 12.3 Å². The summed E-state index contributed by atoms with van der Waals surface area (Å²) >= 11 is 4.15. The van der Waals surface area contributed by atoms with Gasteiger partial charge < -0.3 is 48.3 Å². The van der Waals surface area contributed by atoms with Crippen LogP contribution < -0.4 is 33.2 Å². The Balaban J connectivity index is 2.12. The van der Waals surface area contributed by atoms with Crippen LogP contribution in [-0.2, 0) is 32.0 Å². The highest BCUT2D eigenvalue weighted by molar-refractivity contribution is 7.80. The van der Waals surface area contributed by atoms with Crippen LogP contribution in [0.3, 0.4) is 0 Å². The normalized spacial score (nSPS) is 13.8. The Hall–Kier alpha value is -4.31. The summed E-state index contributed by atoms with van der Waals surface area (Å²) in [7, 11) is 0. The van der Waals surface area contributed by atoms with Gasteiger partial charge in [-0.1, -0.05) is 12.1 Å². The molecular weight excluding hydrogens is 542 g/mol. The number of thiol groups is 1. The van der Waals surface area contributed by atoms with Crippen molar-refractivity contribution in [2.45, 2.75) is 49.9 Å². The van der Waals surface area contributed by atoms with E-state index in [0.717, 1.165) is 0 Å². The van der Waals surface area contributed by atoms with Crippen molar-refractivity contribution >= 4 is 42.3 Å². The summed E-state index contributed by atoms with van der Waals surface area (Å²) in [6, 6.07) is 1.30. The van der Waals surface area contributed by atoms with E-state index >= 15 is 0 Å². The van der Waals surface area contributed by atoms with Crippen molar-refractivity contribution in [3.63, 3.8) is 0 Å². The molecule has 0 aliphatic rings. The van der Waals surface area contributed by atoms with Gasteiger partial charge in [0.1, 0.15) is 23.9 Å². The average Bonchev–Trinajstić information content (AvgIpc) is 3.42. The number of hydrogen-bond acceptors (Lipinski definition) is 9. The van der Waals surface area contributed by atoms with Crippen LogP contribution in [0.1, 0.15) is 24.1 Å². The lowest BCUT2D eigenvalue weighted by molar-refractivity contribution is -0.142. The largest absolute Gasteiger partial charge is 0.508 e. The third-order valence-electron chi connectivity index (χ3n) is 5.72. The number of rotatable bonds is 16. The maximum Gasteiger partial charge on any atom is 0.326 e. The molecule has 12 N–H and O–H groups in total. The second kappa shape index (κ2) is 15.9. The van der Waals surface area contributed by atoms with Gasteiger partial charge in [-0.25, -0.2) is 9.78 Å². The molecular formula is C24H35N9O6S. The molecule has 0 radical (unpaired) electrons. The quantitative estimate of drug-likeness (QED) is 0.0443. The fourth-order valence-electron chi connectivity index (χ4n) is 3.56. The molecule has 15 nitrogen and oxygen atoms in total. The van der Waals surface area contributed by atoms with Gasteiger partial charge in [0.05, 0.1) is 12.4 Å². The van der Waals surface area contributed by atoms with E-state index in [2.05, 4.69) is 43.5 Å². The Morgan fingerprint density at radius 1 is 0.975 bits per heavy atom. The van der Waals surface area contributed by atoms with Gasteiger partial charge >= 0.3 is 5.97 Å². The van der Waals surface area contributed by atoms with Crippen LogP contribution in [0.4, 0.5) is 0 Å². The molecule has 40 heavy (non-hydrogen) atoms. The molecule has 1 aromatic carbocycles. The first-order chi connectivity index (χ1) is 19.0. The number of aromatic nitrogens is 2. The lowest BCUT2D eigenvalue weighted by atomic mass is 10.0. The number of phenols is 1. The molecule has 1 heterocycles. The number of nitrogens with zero attached hydrogens (tertiary/aromatic N) is 2. The first-order valence-corrected chi connectivity index (χ1v) is 12.9. The number of amides is 3. The van der Waals surface area contributed by atoms with Gasteiger partial charge in [0, 0.05) is 37.0 Å². The molecule has 0 fully saturated rings. The summed E-state index contributed by atoms with van der Waals surface area (Å²) in [6.45, 7) is 0.283. The maximum absolute atomic E-state index is 13.2. The number of carboxylic acid groups (broad SMARTS) is 1. The highest BCUT2D eigenvalue weighted by atomic mass is 32.1. The Labute approximate surface area is 235 Å². The van der Waals surface area contributed by atoms with Gasteiger partial charge in [-0.2, -0.15) is 12.6 Å². The summed E-state index contributed by atoms with van der Waals surface area (Å²) in [5, 5.41) is 26.7. The zero-order valence-corrected chi connectivity index (χ0v) is 22.5. The number of nitrogens with one attached hydrogen (secondary N) is 4. The van der Waals surface area contributed by atoms with E-state index in [-0.39, 0.29) is 43.3 Å². The number of carbonyl (C=O) groups excluding carboxylic acids is 3. The highest BCUT2D eigenvalue weighted by Gasteiger charge is 2.30. The predicted molar refractivity (Wildman–Crippen MR) is 149 cm³/mol. The summed E-state index contributed by atoms with van der Waals surface area (Å²) in [5.74, 6) is -3.57. The molecule has 2 aromatic rings. The smallest absolute Gasteiger partial charge is 0.326 e. The second-order valence-electron chi connectivity index (χ2n) is 8.91. The number of carboxylic acids is 1. The molecule has 0 saturated heterocycles.